The molecule has 0 saturated heterocycles. The van der Waals surface area contributed by atoms with Gasteiger partial charge in [0.2, 0.25) is 5.91 Å². The Kier molecular flexibility index (Phi) is 7.16. The van der Waals surface area contributed by atoms with Gasteiger partial charge in [-0.1, -0.05) is 30.3 Å². The average molecular weight is 345 g/mol. The molecule has 0 spiro atoms. The van der Waals surface area contributed by atoms with E-state index in [1.807, 2.05) is 18.2 Å². The number of carbonyl (C=O) groups excluding carboxylic acids is 1. The molecule has 7 nitrogen and oxygen atoms in total. The van der Waals surface area contributed by atoms with Gasteiger partial charge in [0.15, 0.2) is 0 Å². The van der Waals surface area contributed by atoms with E-state index in [1.165, 1.54) is 29.4 Å². The van der Waals surface area contributed by atoms with E-state index < -0.39 is 11.2 Å². The van der Waals surface area contributed by atoms with Crippen LogP contribution in [0.25, 0.3) is 0 Å². The van der Waals surface area contributed by atoms with E-state index in [1.54, 1.807) is 0 Å². The maximum Gasteiger partial charge on any atom is 0.331 e. The molecule has 25 heavy (non-hydrogen) atoms. The Morgan fingerprint density at radius 1 is 1.12 bits per heavy atom. The quantitative estimate of drug-likeness (QED) is 0.663. The van der Waals surface area contributed by atoms with Crippen LogP contribution in [-0.4, -0.2) is 34.8 Å². The molecule has 0 fully saturated rings. The van der Waals surface area contributed by atoms with Gasteiger partial charge in [0, 0.05) is 32.5 Å². The number of benzene rings is 1. The van der Waals surface area contributed by atoms with Crippen LogP contribution in [0.15, 0.2) is 52.2 Å². The van der Waals surface area contributed by atoms with Crippen molar-refractivity contribution in [3.05, 3.63) is 69.0 Å². The summed E-state index contributed by atoms with van der Waals surface area (Å²) in [4.78, 5) is 35.0. The number of rotatable bonds is 9. The van der Waals surface area contributed by atoms with Crippen molar-refractivity contribution in [3.63, 3.8) is 0 Å². The van der Waals surface area contributed by atoms with Crippen molar-refractivity contribution in [1.29, 1.82) is 0 Å². The number of amides is 1. The summed E-state index contributed by atoms with van der Waals surface area (Å²) < 4.78 is 7.71. The fraction of sp³-hybridized carbons (Fsp3) is 0.389. The first-order valence-corrected chi connectivity index (χ1v) is 8.23. The zero-order valence-corrected chi connectivity index (χ0v) is 14.3. The zero-order valence-electron chi connectivity index (χ0n) is 14.3. The molecular formula is C18H23N3O4. The van der Waals surface area contributed by atoms with Crippen LogP contribution in [0.5, 0.6) is 0 Å². The Morgan fingerprint density at radius 3 is 2.64 bits per heavy atom. The second kappa shape index (κ2) is 9.58. The van der Waals surface area contributed by atoms with Crippen LogP contribution in [-0.2, 0) is 29.5 Å². The molecule has 2 aromatic rings. The van der Waals surface area contributed by atoms with E-state index in [2.05, 4.69) is 17.4 Å². The highest BCUT2D eigenvalue weighted by Gasteiger charge is 2.06. The molecule has 0 aliphatic rings. The van der Waals surface area contributed by atoms with Gasteiger partial charge in [0.25, 0.3) is 5.56 Å². The summed E-state index contributed by atoms with van der Waals surface area (Å²) in [5, 5.41) is 2.73. The minimum atomic E-state index is -0.508. The van der Waals surface area contributed by atoms with E-state index >= 15 is 0 Å². The molecule has 1 amide bonds. The van der Waals surface area contributed by atoms with Crippen molar-refractivity contribution >= 4 is 5.91 Å². The molecule has 0 unspecified atom stereocenters. The predicted octanol–water partition coefficient (Wildman–Crippen LogP) is 0.313. The molecule has 1 aromatic carbocycles. The van der Waals surface area contributed by atoms with Crippen molar-refractivity contribution < 1.29 is 9.53 Å². The third-order valence-electron chi connectivity index (χ3n) is 3.74. The molecule has 7 heteroatoms. The van der Waals surface area contributed by atoms with Gasteiger partial charge in [-0.05, 0) is 18.4 Å². The highest BCUT2D eigenvalue weighted by atomic mass is 16.5. The predicted molar refractivity (Wildman–Crippen MR) is 94.5 cm³/mol. The number of hydrogen-bond acceptors (Lipinski definition) is 4. The minimum absolute atomic E-state index is 0.109. The molecule has 1 N–H and O–H groups in total. The first kappa shape index (κ1) is 18.7. The molecule has 1 heterocycles. The third-order valence-corrected chi connectivity index (χ3v) is 3.74. The molecule has 0 radical (unpaired) electrons. The van der Waals surface area contributed by atoms with Crippen LogP contribution < -0.4 is 16.6 Å². The van der Waals surface area contributed by atoms with Gasteiger partial charge in [0.1, 0.15) is 6.54 Å². The van der Waals surface area contributed by atoms with Crippen molar-refractivity contribution in [3.8, 4) is 0 Å². The lowest BCUT2D eigenvalue weighted by atomic mass is 10.2. The summed E-state index contributed by atoms with van der Waals surface area (Å²) in [6.07, 6.45) is 2.89. The van der Waals surface area contributed by atoms with Crippen LogP contribution in [0.2, 0.25) is 0 Å². The summed E-state index contributed by atoms with van der Waals surface area (Å²) in [5.41, 5.74) is 0.333. The Bertz CT molecular complexity index is 796. The summed E-state index contributed by atoms with van der Waals surface area (Å²) in [5.74, 6) is -0.273. The highest BCUT2D eigenvalue weighted by molar-refractivity contribution is 5.75. The first-order chi connectivity index (χ1) is 12.1. The Labute approximate surface area is 145 Å². The van der Waals surface area contributed by atoms with Crippen molar-refractivity contribution in [1.82, 2.24) is 14.5 Å². The second-order valence-corrected chi connectivity index (χ2v) is 5.67. The molecule has 134 valence electrons. The molecule has 0 atom stereocenters. The maximum atomic E-state index is 11.8. The number of nitrogens with zero attached hydrogens (tertiary/aromatic N) is 2. The van der Waals surface area contributed by atoms with E-state index in [0.29, 0.717) is 26.2 Å². The SMILES string of the molecule is Cn1c(=O)ccn(CC(=O)NCCCOCCc2ccccc2)c1=O. The van der Waals surface area contributed by atoms with E-state index in [0.717, 1.165) is 11.0 Å². The van der Waals surface area contributed by atoms with E-state index in [9.17, 15) is 14.4 Å². The number of hydrogen-bond donors (Lipinski definition) is 1. The van der Waals surface area contributed by atoms with E-state index in [4.69, 9.17) is 4.74 Å². The van der Waals surface area contributed by atoms with Gasteiger partial charge >= 0.3 is 5.69 Å². The largest absolute Gasteiger partial charge is 0.381 e. The molecule has 2 rings (SSSR count). The topological polar surface area (TPSA) is 82.3 Å². The maximum absolute atomic E-state index is 11.8. The van der Waals surface area contributed by atoms with E-state index in [-0.39, 0.29) is 12.5 Å². The molecular weight excluding hydrogens is 322 g/mol. The average Bonchev–Trinajstić information content (AvgIpc) is 2.62. The summed E-state index contributed by atoms with van der Waals surface area (Å²) in [6, 6.07) is 11.4. The fourth-order valence-electron chi connectivity index (χ4n) is 2.29. The van der Waals surface area contributed by atoms with Gasteiger partial charge in [-0.2, -0.15) is 0 Å². The lowest BCUT2D eigenvalue weighted by Crippen LogP contribution is -2.40. The normalized spacial score (nSPS) is 10.6. The van der Waals surface area contributed by atoms with Gasteiger partial charge in [0.05, 0.1) is 6.61 Å². The van der Waals surface area contributed by atoms with Gasteiger partial charge < -0.3 is 10.1 Å². The fourth-order valence-corrected chi connectivity index (χ4v) is 2.29. The number of carbonyl (C=O) groups is 1. The standard InChI is InChI=1S/C18H23N3O4/c1-20-17(23)8-11-21(18(20)24)14-16(22)19-10-5-12-25-13-9-15-6-3-2-4-7-15/h2-4,6-8,11H,5,9-10,12-14H2,1H3,(H,19,22). The van der Waals surface area contributed by atoms with Crippen molar-refractivity contribution in [2.45, 2.75) is 19.4 Å². The molecule has 0 aliphatic heterocycles. The monoisotopic (exact) mass is 345 g/mol. The van der Waals surface area contributed by atoms with Crippen molar-refractivity contribution in [2.75, 3.05) is 19.8 Å². The molecule has 0 saturated carbocycles. The van der Waals surface area contributed by atoms with Crippen LogP contribution >= 0.6 is 0 Å². The number of ether oxygens (including phenoxy) is 1. The second-order valence-electron chi connectivity index (χ2n) is 5.67. The minimum Gasteiger partial charge on any atom is -0.381 e. The Morgan fingerprint density at radius 2 is 1.88 bits per heavy atom. The lowest BCUT2D eigenvalue weighted by molar-refractivity contribution is -0.121. The van der Waals surface area contributed by atoms with Crippen molar-refractivity contribution in [2.24, 2.45) is 7.05 Å². The van der Waals surface area contributed by atoms with Crippen LogP contribution in [0, 0.1) is 0 Å². The molecule has 0 bridgehead atoms. The van der Waals surface area contributed by atoms with Gasteiger partial charge in [-0.15, -0.1) is 0 Å². The third kappa shape index (κ3) is 6.04. The van der Waals surface area contributed by atoms with Crippen LogP contribution in [0.4, 0.5) is 0 Å². The van der Waals surface area contributed by atoms with Crippen LogP contribution in [0.1, 0.15) is 12.0 Å². The summed E-state index contributed by atoms with van der Waals surface area (Å²) in [7, 11) is 1.38. The zero-order chi connectivity index (χ0) is 18.1. The summed E-state index contributed by atoms with van der Waals surface area (Å²) >= 11 is 0. The van der Waals surface area contributed by atoms with Crippen LogP contribution in [0.3, 0.4) is 0 Å². The Balaban J connectivity index is 1.60. The molecule has 0 aliphatic carbocycles. The van der Waals surface area contributed by atoms with Gasteiger partial charge in [-0.3, -0.25) is 18.7 Å². The number of aromatic nitrogens is 2. The summed E-state index contributed by atoms with van der Waals surface area (Å²) in [6.45, 7) is 1.57. The first-order valence-electron chi connectivity index (χ1n) is 8.23. The lowest BCUT2D eigenvalue weighted by Gasteiger charge is -2.08. The molecule has 1 aromatic heterocycles. The Hall–Kier alpha value is -2.67. The smallest absolute Gasteiger partial charge is 0.331 e. The number of nitrogens with one attached hydrogen (secondary N) is 1. The highest BCUT2D eigenvalue weighted by Crippen LogP contribution is 1.99. The van der Waals surface area contributed by atoms with Gasteiger partial charge in [-0.25, -0.2) is 4.79 Å².